The van der Waals surface area contributed by atoms with E-state index in [2.05, 4.69) is 9.97 Å². The number of hydrogen-bond acceptors (Lipinski definition) is 5. The van der Waals surface area contributed by atoms with Gasteiger partial charge in [-0.3, -0.25) is 0 Å². The molecule has 9 heteroatoms. The Morgan fingerprint density at radius 1 is 1.27 bits per heavy atom. The molecule has 0 unspecified atom stereocenters. The SMILES string of the molecule is Cc1cc(C(F)(F)F)nc(N2CC3(CC(S(C)(=O)=O)C3)C2)n1. The second-order valence-corrected chi connectivity index (χ2v) is 8.73. The predicted molar refractivity (Wildman–Crippen MR) is 74.3 cm³/mol. The Morgan fingerprint density at radius 2 is 1.86 bits per heavy atom. The maximum absolute atomic E-state index is 12.8. The van der Waals surface area contributed by atoms with Gasteiger partial charge in [-0.15, -0.1) is 0 Å². The maximum Gasteiger partial charge on any atom is 0.433 e. The first kappa shape index (κ1) is 15.5. The van der Waals surface area contributed by atoms with E-state index in [1.807, 2.05) is 0 Å². The second kappa shape index (κ2) is 4.56. The van der Waals surface area contributed by atoms with Gasteiger partial charge in [0.1, 0.15) is 15.5 Å². The molecule has 1 aliphatic heterocycles. The third kappa shape index (κ3) is 2.66. The standard InChI is InChI=1S/C13H16F3N3O2S/c1-8-3-10(13(14,15)16)18-11(17-8)19-6-12(7-19)4-9(5-12)22(2,20)21/h3,9H,4-7H2,1-2H3. The summed E-state index contributed by atoms with van der Waals surface area (Å²) < 4.78 is 61.2. The zero-order chi connectivity index (χ0) is 16.3. The van der Waals surface area contributed by atoms with E-state index in [0.717, 1.165) is 6.07 Å². The van der Waals surface area contributed by atoms with Crippen LogP contribution in [0.2, 0.25) is 0 Å². The van der Waals surface area contributed by atoms with E-state index in [1.54, 1.807) is 4.90 Å². The van der Waals surface area contributed by atoms with Crippen molar-refractivity contribution in [2.45, 2.75) is 31.2 Å². The first-order valence-electron chi connectivity index (χ1n) is 6.85. The van der Waals surface area contributed by atoms with Crippen LogP contribution in [0.4, 0.5) is 19.1 Å². The van der Waals surface area contributed by atoms with Crippen molar-refractivity contribution in [2.24, 2.45) is 5.41 Å². The minimum absolute atomic E-state index is 0.0701. The van der Waals surface area contributed by atoms with E-state index >= 15 is 0 Å². The molecule has 0 atom stereocenters. The molecule has 0 aromatic carbocycles. The van der Waals surface area contributed by atoms with Crippen LogP contribution in [0, 0.1) is 12.3 Å². The van der Waals surface area contributed by atoms with Crippen LogP contribution in [-0.4, -0.2) is 43.0 Å². The molecule has 1 saturated heterocycles. The third-order valence-corrected chi connectivity index (χ3v) is 5.94. The number of sulfone groups is 1. The molecule has 1 saturated carbocycles. The Hall–Kier alpha value is -1.38. The van der Waals surface area contributed by atoms with E-state index in [1.165, 1.54) is 13.2 Å². The van der Waals surface area contributed by atoms with Gasteiger partial charge in [0.15, 0.2) is 0 Å². The predicted octanol–water partition coefficient (Wildman–Crippen LogP) is 1.82. The summed E-state index contributed by atoms with van der Waals surface area (Å²) in [7, 11) is -3.03. The Balaban J connectivity index is 1.71. The summed E-state index contributed by atoms with van der Waals surface area (Å²) in [5.74, 6) is 0.0701. The van der Waals surface area contributed by atoms with Gasteiger partial charge >= 0.3 is 6.18 Å². The molecule has 3 rings (SSSR count). The topological polar surface area (TPSA) is 63.2 Å². The Morgan fingerprint density at radius 3 is 2.36 bits per heavy atom. The van der Waals surface area contributed by atoms with Crippen LogP contribution in [0.3, 0.4) is 0 Å². The normalized spacial score (nSPS) is 21.6. The molecule has 1 aliphatic carbocycles. The summed E-state index contributed by atoms with van der Waals surface area (Å²) in [6, 6.07) is 0.919. The van der Waals surface area contributed by atoms with Crippen molar-refractivity contribution in [2.75, 3.05) is 24.2 Å². The second-order valence-electron chi connectivity index (χ2n) is 6.41. The van der Waals surface area contributed by atoms with Crippen LogP contribution in [0.1, 0.15) is 24.2 Å². The summed E-state index contributed by atoms with van der Waals surface area (Å²) >= 11 is 0. The minimum Gasteiger partial charge on any atom is -0.340 e. The molecule has 0 radical (unpaired) electrons. The number of rotatable bonds is 2. The van der Waals surface area contributed by atoms with Crippen LogP contribution in [0.5, 0.6) is 0 Å². The van der Waals surface area contributed by atoms with Gasteiger partial charge in [-0.1, -0.05) is 0 Å². The van der Waals surface area contributed by atoms with Gasteiger partial charge in [0.25, 0.3) is 0 Å². The summed E-state index contributed by atoms with van der Waals surface area (Å²) in [6.07, 6.45) is -2.14. The van der Waals surface area contributed by atoms with Gasteiger partial charge in [-0.25, -0.2) is 18.4 Å². The van der Waals surface area contributed by atoms with E-state index in [-0.39, 0.29) is 22.3 Å². The van der Waals surface area contributed by atoms with Crippen molar-refractivity contribution < 1.29 is 21.6 Å². The Kier molecular flexibility index (Phi) is 3.22. The molecule has 0 bridgehead atoms. The van der Waals surface area contributed by atoms with Gasteiger partial charge in [0.05, 0.1) is 5.25 Å². The number of nitrogens with zero attached hydrogens (tertiary/aromatic N) is 3. The summed E-state index contributed by atoms with van der Waals surface area (Å²) in [4.78, 5) is 9.33. The van der Waals surface area contributed by atoms with E-state index in [9.17, 15) is 21.6 Å². The molecule has 1 spiro atoms. The van der Waals surface area contributed by atoms with Gasteiger partial charge in [0.2, 0.25) is 5.95 Å². The first-order chi connectivity index (χ1) is 9.98. The van der Waals surface area contributed by atoms with Gasteiger partial charge in [-0.05, 0) is 25.8 Å². The highest BCUT2D eigenvalue weighted by Gasteiger charge is 2.56. The molecule has 1 aromatic heterocycles. The summed E-state index contributed by atoms with van der Waals surface area (Å²) in [6.45, 7) is 2.53. The average molecular weight is 335 g/mol. The molecule has 5 nitrogen and oxygen atoms in total. The van der Waals surface area contributed by atoms with Crippen LogP contribution in [-0.2, 0) is 16.0 Å². The monoisotopic (exact) mass is 335 g/mol. The lowest BCUT2D eigenvalue weighted by Crippen LogP contribution is -2.65. The van der Waals surface area contributed by atoms with Crippen molar-refractivity contribution in [3.63, 3.8) is 0 Å². The molecular formula is C13H16F3N3O2S. The lowest BCUT2D eigenvalue weighted by molar-refractivity contribution is -0.141. The third-order valence-electron chi connectivity index (χ3n) is 4.40. The molecular weight excluding hydrogens is 319 g/mol. The lowest BCUT2D eigenvalue weighted by Gasteiger charge is -2.58. The number of hydrogen-bond donors (Lipinski definition) is 0. The van der Waals surface area contributed by atoms with Crippen molar-refractivity contribution in [3.05, 3.63) is 17.5 Å². The molecule has 1 aromatic rings. The van der Waals surface area contributed by atoms with Gasteiger partial charge in [0, 0.05) is 30.5 Å². The zero-order valence-electron chi connectivity index (χ0n) is 12.2. The number of alkyl halides is 3. The first-order valence-corrected chi connectivity index (χ1v) is 8.81. The average Bonchev–Trinajstić information content (AvgIpc) is 2.21. The largest absolute Gasteiger partial charge is 0.433 e. The molecule has 22 heavy (non-hydrogen) atoms. The highest BCUT2D eigenvalue weighted by molar-refractivity contribution is 7.91. The fourth-order valence-corrected chi connectivity index (χ4v) is 4.52. The molecule has 0 amide bonds. The highest BCUT2D eigenvalue weighted by Crippen LogP contribution is 2.51. The zero-order valence-corrected chi connectivity index (χ0v) is 13.0. The van der Waals surface area contributed by atoms with E-state index in [4.69, 9.17) is 0 Å². The Bertz CT molecular complexity index is 704. The smallest absolute Gasteiger partial charge is 0.340 e. The highest BCUT2D eigenvalue weighted by atomic mass is 32.2. The number of anilines is 1. The van der Waals surface area contributed by atoms with Crippen LogP contribution in [0.15, 0.2) is 6.07 Å². The molecule has 0 N–H and O–H groups in total. The number of halogens is 3. The lowest BCUT2D eigenvalue weighted by atomic mass is 9.63. The van der Waals surface area contributed by atoms with Gasteiger partial charge < -0.3 is 4.90 Å². The maximum atomic E-state index is 12.8. The van der Waals surface area contributed by atoms with Crippen LogP contribution < -0.4 is 4.90 Å². The fourth-order valence-electron chi connectivity index (χ4n) is 3.21. The molecule has 2 fully saturated rings. The number of aromatic nitrogens is 2. The molecule has 122 valence electrons. The van der Waals surface area contributed by atoms with Crippen LogP contribution >= 0.6 is 0 Å². The molecule has 2 aliphatic rings. The van der Waals surface area contributed by atoms with E-state index in [0.29, 0.717) is 25.9 Å². The van der Waals surface area contributed by atoms with Crippen LogP contribution in [0.25, 0.3) is 0 Å². The molecule has 2 heterocycles. The van der Waals surface area contributed by atoms with Crippen molar-refractivity contribution in [1.82, 2.24) is 9.97 Å². The van der Waals surface area contributed by atoms with Crippen molar-refractivity contribution in [3.8, 4) is 0 Å². The minimum atomic E-state index is -4.50. The summed E-state index contributed by atoms with van der Waals surface area (Å²) in [5, 5.41) is -0.321. The Labute approximate surface area is 126 Å². The summed E-state index contributed by atoms with van der Waals surface area (Å²) in [5.41, 5.74) is -0.779. The quantitative estimate of drug-likeness (QED) is 0.825. The van der Waals surface area contributed by atoms with Crippen molar-refractivity contribution >= 4 is 15.8 Å². The fraction of sp³-hybridized carbons (Fsp3) is 0.692. The van der Waals surface area contributed by atoms with Crippen molar-refractivity contribution in [1.29, 1.82) is 0 Å². The van der Waals surface area contributed by atoms with E-state index < -0.39 is 21.7 Å². The van der Waals surface area contributed by atoms with Gasteiger partial charge in [-0.2, -0.15) is 13.2 Å². The number of aryl methyl sites for hydroxylation is 1.